The van der Waals surface area contributed by atoms with E-state index in [1.54, 1.807) is 20.8 Å². The summed E-state index contributed by atoms with van der Waals surface area (Å²) < 4.78 is 0. The van der Waals surface area contributed by atoms with Gasteiger partial charge < -0.3 is 22.3 Å². The Balaban J connectivity index is 5.02. The minimum absolute atomic E-state index is 0.0226. The van der Waals surface area contributed by atoms with Gasteiger partial charge in [0.2, 0.25) is 5.91 Å². The number of carboxylic acid groups (broad SMARTS) is 1. The molecule has 0 heterocycles. The molecule has 116 valence electrons. The summed E-state index contributed by atoms with van der Waals surface area (Å²) in [5, 5.41) is 9.03. The van der Waals surface area contributed by atoms with Crippen LogP contribution in [0, 0.1) is 11.3 Å². The predicted molar refractivity (Wildman–Crippen MR) is 74.6 cm³/mol. The van der Waals surface area contributed by atoms with Crippen molar-refractivity contribution in [3.63, 3.8) is 0 Å². The maximum Gasteiger partial charge on any atom is 0.321 e. The predicted octanol–water partition coefficient (Wildman–Crippen LogP) is -0.387. The van der Waals surface area contributed by atoms with Gasteiger partial charge in [0.15, 0.2) is 5.78 Å². The topological polar surface area (TPSA) is 150 Å². The number of hydrogen-bond acceptors (Lipinski definition) is 5. The second kappa shape index (κ2) is 7.35. The van der Waals surface area contributed by atoms with E-state index in [2.05, 4.69) is 0 Å². The molecule has 1 amide bonds. The van der Waals surface area contributed by atoms with Crippen molar-refractivity contribution in [3.05, 3.63) is 0 Å². The van der Waals surface area contributed by atoms with Gasteiger partial charge in [0.1, 0.15) is 6.04 Å². The molecule has 0 bridgehead atoms. The molecule has 0 aliphatic carbocycles. The number of hydrogen-bond donors (Lipinski definition) is 4. The summed E-state index contributed by atoms with van der Waals surface area (Å²) in [5.74, 6) is -2.55. The van der Waals surface area contributed by atoms with Gasteiger partial charge in [0.05, 0.1) is 6.04 Å². The SMILES string of the molecule is CCC(C(=O)[C@@H](N)CCC(N)=O)C(C)(C)C(N)C(=O)O. The Bertz CT molecular complexity index is 382. The van der Waals surface area contributed by atoms with Crippen LogP contribution in [0.4, 0.5) is 0 Å². The third-order valence-electron chi connectivity index (χ3n) is 3.78. The van der Waals surface area contributed by atoms with Crippen molar-refractivity contribution in [2.45, 2.75) is 52.1 Å². The number of primary amides is 1. The minimum atomic E-state index is -1.17. The largest absolute Gasteiger partial charge is 0.480 e. The molecule has 0 aliphatic heterocycles. The van der Waals surface area contributed by atoms with Crippen molar-refractivity contribution < 1.29 is 19.5 Å². The molecule has 0 radical (unpaired) electrons. The lowest BCUT2D eigenvalue weighted by molar-refractivity contribution is -0.143. The highest BCUT2D eigenvalue weighted by atomic mass is 16.4. The van der Waals surface area contributed by atoms with Crippen LogP contribution in [0.2, 0.25) is 0 Å². The molecular formula is C13H25N3O4. The van der Waals surface area contributed by atoms with Crippen molar-refractivity contribution in [2.24, 2.45) is 28.5 Å². The molecule has 7 N–H and O–H groups in total. The van der Waals surface area contributed by atoms with E-state index < -0.39 is 35.3 Å². The van der Waals surface area contributed by atoms with Crippen LogP contribution in [-0.2, 0) is 14.4 Å². The summed E-state index contributed by atoms with van der Waals surface area (Å²) >= 11 is 0. The highest BCUT2D eigenvalue weighted by Crippen LogP contribution is 2.34. The molecule has 0 saturated heterocycles. The molecule has 0 spiro atoms. The number of amides is 1. The van der Waals surface area contributed by atoms with E-state index >= 15 is 0 Å². The zero-order chi connectivity index (χ0) is 16.1. The monoisotopic (exact) mass is 287 g/mol. The number of aliphatic carboxylic acids is 1. The van der Waals surface area contributed by atoms with E-state index in [0.717, 1.165) is 0 Å². The number of ketones is 1. The molecule has 7 heteroatoms. The van der Waals surface area contributed by atoms with Crippen LogP contribution in [0.15, 0.2) is 0 Å². The first-order chi connectivity index (χ1) is 9.05. The third-order valence-corrected chi connectivity index (χ3v) is 3.78. The van der Waals surface area contributed by atoms with E-state index in [1.165, 1.54) is 0 Å². The Kier molecular flexibility index (Phi) is 6.81. The summed E-state index contributed by atoms with van der Waals surface area (Å²) in [4.78, 5) is 34.1. The molecule has 20 heavy (non-hydrogen) atoms. The lowest BCUT2D eigenvalue weighted by Crippen LogP contribution is -2.52. The zero-order valence-corrected chi connectivity index (χ0v) is 12.3. The van der Waals surface area contributed by atoms with Gasteiger partial charge in [-0.05, 0) is 12.8 Å². The molecular weight excluding hydrogens is 262 g/mol. The van der Waals surface area contributed by atoms with Crippen LogP contribution >= 0.6 is 0 Å². The second-order valence-corrected chi connectivity index (χ2v) is 5.61. The molecule has 0 aromatic carbocycles. The molecule has 3 atom stereocenters. The lowest BCUT2D eigenvalue weighted by Gasteiger charge is -2.37. The van der Waals surface area contributed by atoms with Gasteiger partial charge >= 0.3 is 5.97 Å². The number of rotatable bonds is 9. The number of Topliss-reactive ketones (excluding diaryl/α,β-unsaturated/α-hetero) is 1. The van der Waals surface area contributed by atoms with Crippen molar-refractivity contribution in [2.75, 3.05) is 0 Å². The van der Waals surface area contributed by atoms with E-state index in [4.69, 9.17) is 22.3 Å². The van der Waals surface area contributed by atoms with Gasteiger partial charge in [-0.15, -0.1) is 0 Å². The minimum Gasteiger partial charge on any atom is -0.480 e. The Labute approximate surface area is 118 Å². The average Bonchev–Trinajstić information content (AvgIpc) is 2.34. The van der Waals surface area contributed by atoms with Crippen LogP contribution in [0.25, 0.3) is 0 Å². The highest BCUT2D eigenvalue weighted by molar-refractivity contribution is 5.88. The summed E-state index contributed by atoms with van der Waals surface area (Å²) in [6.07, 6.45) is 0.606. The smallest absolute Gasteiger partial charge is 0.321 e. The van der Waals surface area contributed by atoms with Crippen LogP contribution in [0.5, 0.6) is 0 Å². The number of nitrogens with two attached hydrogens (primary N) is 3. The van der Waals surface area contributed by atoms with Crippen LogP contribution in [0.1, 0.15) is 40.0 Å². The first-order valence-corrected chi connectivity index (χ1v) is 6.61. The first kappa shape index (κ1) is 18.5. The third kappa shape index (κ3) is 4.57. The fourth-order valence-electron chi connectivity index (χ4n) is 2.33. The number of carbonyl (C=O) groups excluding carboxylic acids is 2. The highest BCUT2D eigenvalue weighted by Gasteiger charge is 2.43. The van der Waals surface area contributed by atoms with Gasteiger partial charge in [0, 0.05) is 17.8 Å². The number of carboxylic acids is 1. The average molecular weight is 287 g/mol. The van der Waals surface area contributed by atoms with Crippen molar-refractivity contribution in [1.29, 1.82) is 0 Å². The first-order valence-electron chi connectivity index (χ1n) is 6.61. The van der Waals surface area contributed by atoms with Gasteiger partial charge in [-0.1, -0.05) is 20.8 Å². The molecule has 7 nitrogen and oxygen atoms in total. The van der Waals surface area contributed by atoms with Gasteiger partial charge in [0.25, 0.3) is 0 Å². The fourth-order valence-corrected chi connectivity index (χ4v) is 2.33. The van der Waals surface area contributed by atoms with Crippen LogP contribution in [-0.4, -0.2) is 34.8 Å². The van der Waals surface area contributed by atoms with Crippen molar-refractivity contribution in [3.8, 4) is 0 Å². The Morgan fingerprint density at radius 3 is 2.05 bits per heavy atom. The Hall–Kier alpha value is -1.47. The number of carbonyl (C=O) groups is 3. The quantitative estimate of drug-likeness (QED) is 0.453. The van der Waals surface area contributed by atoms with Crippen molar-refractivity contribution in [1.82, 2.24) is 0 Å². The fraction of sp³-hybridized carbons (Fsp3) is 0.769. The van der Waals surface area contributed by atoms with Gasteiger partial charge in [-0.2, -0.15) is 0 Å². The second-order valence-electron chi connectivity index (χ2n) is 5.61. The van der Waals surface area contributed by atoms with E-state index in [0.29, 0.717) is 6.42 Å². The van der Waals surface area contributed by atoms with E-state index in [9.17, 15) is 14.4 Å². The summed E-state index contributed by atoms with van der Waals surface area (Å²) in [7, 11) is 0. The zero-order valence-electron chi connectivity index (χ0n) is 12.3. The Morgan fingerprint density at radius 1 is 1.20 bits per heavy atom. The molecule has 0 fully saturated rings. The van der Waals surface area contributed by atoms with E-state index in [-0.39, 0.29) is 18.6 Å². The van der Waals surface area contributed by atoms with Gasteiger partial charge in [-0.25, -0.2) is 0 Å². The van der Waals surface area contributed by atoms with Gasteiger partial charge in [-0.3, -0.25) is 14.4 Å². The summed E-state index contributed by atoms with van der Waals surface area (Å²) in [5.41, 5.74) is 15.5. The standard InChI is InChI=1S/C13H25N3O4/c1-4-7(13(2,3)11(16)12(19)20)10(18)8(14)5-6-9(15)17/h7-8,11H,4-6,14,16H2,1-3H3,(H2,15,17)(H,19,20)/t7?,8-,11?/m0/s1. The molecule has 0 saturated carbocycles. The van der Waals surface area contributed by atoms with Crippen LogP contribution in [0.3, 0.4) is 0 Å². The van der Waals surface area contributed by atoms with Crippen molar-refractivity contribution >= 4 is 17.7 Å². The lowest BCUT2D eigenvalue weighted by atomic mass is 9.68. The maximum atomic E-state index is 12.3. The molecule has 0 aromatic rings. The van der Waals surface area contributed by atoms with Crippen LogP contribution < -0.4 is 17.2 Å². The summed E-state index contributed by atoms with van der Waals surface area (Å²) in [6, 6.07) is -2.01. The molecule has 0 aromatic heterocycles. The Morgan fingerprint density at radius 2 is 1.70 bits per heavy atom. The normalized spacial score (nSPS) is 16.2. The maximum absolute atomic E-state index is 12.3. The molecule has 0 rings (SSSR count). The molecule has 0 aliphatic rings. The molecule has 2 unspecified atom stereocenters. The van der Waals surface area contributed by atoms with E-state index in [1.807, 2.05) is 0 Å². The summed E-state index contributed by atoms with van der Waals surface area (Å²) in [6.45, 7) is 5.05.